The maximum Gasteiger partial charge on any atom is 0.251 e. The molecule has 3 aromatic rings. The van der Waals surface area contributed by atoms with Crippen LogP contribution in [0.5, 0.6) is 0 Å². The Morgan fingerprint density at radius 3 is 2.10 bits per heavy atom. The zero-order chi connectivity index (χ0) is 20.5. The number of amides is 2. The van der Waals surface area contributed by atoms with Crippen molar-refractivity contribution < 1.29 is 14.0 Å². The molecule has 2 amide bonds. The van der Waals surface area contributed by atoms with Gasteiger partial charge in [0, 0.05) is 12.1 Å². The predicted molar refractivity (Wildman–Crippen MR) is 111 cm³/mol. The van der Waals surface area contributed by atoms with E-state index in [4.69, 9.17) is 0 Å². The van der Waals surface area contributed by atoms with Crippen LogP contribution in [0.1, 0.15) is 33.9 Å². The molecule has 0 radical (unpaired) electrons. The molecule has 2 N–H and O–H groups in total. The molecular formula is C24H23FN2O2. The van der Waals surface area contributed by atoms with Crippen LogP contribution in [0.4, 0.5) is 4.39 Å². The van der Waals surface area contributed by atoms with Crippen LogP contribution in [-0.2, 0) is 11.2 Å². The second-order valence-corrected chi connectivity index (χ2v) is 6.73. The molecule has 5 heteroatoms. The molecule has 0 aliphatic carbocycles. The van der Waals surface area contributed by atoms with Gasteiger partial charge in [0.25, 0.3) is 5.91 Å². The van der Waals surface area contributed by atoms with Gasteiger partial charge in [-0.25, -0.2) is 4.39 Å². The summed E-state index contributed by atoms with van der Waals surface area (Å²) in [7, 11) is 0. The summed E-state index contributed by atoms with van der Waals surface area (Å²) < 4.78 is 13.0. The molecular weight excluding hydrogens is 367 g/mol. The number of hydrogen-bond donors (Lipinski definition) is 2. The van der Waals surface area contributed by atoms with Gasteiger partial charge in [-0.1, -0.05) is 60.7 Å². The number of benzene rings is 3. The van der Waals surface area contributed by atoms with Crippen LogP contribution in [0.3, 0.4) is 0 Å². The smallest absolute Gasteiger partial charge is 0.251 e. The third kappa shape index (κ3) is 6.28. The standard InChI is InChI=1S/C24H23FN2O2/c25-21-13-11-18(12-14-21)15-16-26-23(28)17-22(19-7-3-1-4-8-19)27-24(29)20-9-5-2-6-10-20/h1-14,22H,15-17H2,(H,26,28)(H,27,29)/t22-/m0/s1. The number of hydrogen-bond acceptors (Lipinski definition) is 2. The summed E-state index contributed by atoms with van der Waals surface area (Å²) in [6.07, 6.45) is 0.740. The molecule has 3 rings (SSSR count). The molecule has 0 saturated heterocycles. The van der Waals surface area contributed by atoms with Crippen molar-refractivity contribution in [2.45, 2.75) is 18.9 Å². The van der Waals surface area contributed by atoms with E-state index in [-0.39, 0.29) is 24.1 Å². The summed E-state index contributed by atoms with van der Waals surface area (Å²) in [6.45, 7) is 0.443. The summed E-state index contributed by atoms with van der Waals surface area (Å²) in [5.41, 5.74) is 2.36. The van der Waals surface area contributed by atoms with Crippen LogP contribution in [-0.4, -0.2) is 18.4 Å². The minimum absolute atomic E-state index is 0.131. The molecule has 0 aromatic heterocycles. The number of halogens is 1. The van der Waals surface area contributed by atoms with Crippen molar-refractivity contribution in [1.29, 1.82) is 0 Å². The van der Waals surface area contributed by atoms with Gasteiger partial charge in [0.1, 0.15) is 5.82 Å². The van der Waals surface area contributed by atoms with E-state index in [9.17, 15) is 14.0 Å². The summed E-state index contributed by atoms with van der Waals surface area (Å²) in [5.74, 6) is -0.662. The van der Waals surface area contributed by atoms with Crippen molar-refractivity contribution in [1.82, 2.24) is 10.6 Å². The Bertz CT molecular complexity index is 928. The second kappa shape index (κ2) is 10.2. The first kappa shape index (κ1) is 20.3. The molecule has 3 aromatic carbocycles. The molecule has 0 unspecified atom stereocenters. The van der Waals surface area contributed by atoms with Crippen molar-refractivity contribution in [2.75, 3.05) is 6.54 Å². The molecule has 0 spiro atoms. The number of carbonyl (C=O) groups is 2. The molecule has 0 aliphatic rings. The monoisotopic (exact) mass is 390 g/mol. The Balaban J connectivity index is 1.59. The van der Waals surface area contributed by atoms with E-state index in [1.807, 2.05) is 36.4 Å². The van der Waals surface area contributed by atoms with Crippen molar-refractivity contribution in [3.05, 3.63) is 107 Å². The fourth-order valence-electron chi connectivity index (χ4n) is 3.02. The normalized spacial score (nSPS) is 11.5. The minimum atomic E-state index is -0.435. The first-order chi connectivity index (χ1) is 14.1. The SMILES string of the molecule is O=C(C[C@H](NC(=O)c1ccccc1)c1ccccc1)NCCc1ccc(F)cc1. The summed E-state index contributed by atoms with van der Waals surface area (Å²) in [5, 5.41) is 5.83. The van der Waals surface area contributed by atoms with E-state index in [0.717, 1.165) is 11.1 Å². The Hall–Kier alpha value is -3.47. The summed E-state index contributed by atoms with van der Waals surface area (Å²) in [6, 6.07) is 24.1. The first-order valence-electron chi connectivity index (χ1n) is 9.54. The van der Waals surface area contributed by atoms with Gasteiger partial charge in [-0.15, -0.1) is 0 Å². The van der Waals surface area contributed by atoms with Crippen molar-refractivity contribution in [3.63, 3.8) is 0 Å². The third-order valence-electron chi connectivity index (χ3n) is 4.58. The van der Waals surface area contributed by atoms with E-state index >= 15 is 0 Å². The number of carbonyl (C=O) groups excluding carboxylic acids is 2. The average molecular weight is 390 g/mol. The topological polar surface area (TPSA) is 58.2 Å². The summed E-state index contributed by atoms with van der Waals surface area (Å²) in [4.78, 5) is 25.0. The maximum absolute atomic E-state index is 13.0. The zero-order valence-corrected chi connectivity index (χ0v) is 16.0. The molecule has 0 saturated carbocycles. The highest BCUT2D eigenvalue weighted by Crippen LogP contribution is 2.17. The highest BCUT2D eigenvalue weighted by Gasteiger charge is 2.19. The van der Waals surface area contributed by atoms with Crippen LogP contribution < -0.4 is 10.6 Å². The quantitative estimate of drug-likeness (QED) is 0.610. The zero-order valence-electron chi connectivity index (χ0n) is 16.0. The first-order valence-corrected chi connectivity index (χ1v) is 9.54. The van der Waals surface area contributed by atoms with E-state index < -0.39 is 6.04 Å². The Labute approximate surface area is 169 Å². The fraction of sp³-hybridized carbons (Fsp3) is 0.167. The molecule has 0 bridgehead atoms. The number of rotatable bonds is 8. The van der Waals surface area contributed by atoms with Gasteiger partial charge in [-0.2, -0.15) is 0 Å². The van der Waals surface area contributed by atoms with Crippen molar-refractivity contribution in [2.24, 2.45) is 0 Å². The molecule has 4 nitrogen and oxygen atoms in total. The fourth-order valence-corrected chi connectivity index (χ4v) is 3.02. The average Bonchev–Trinajstić information content (AvgIpc) is 2.76. The van der Waals surface area contributed by atoms with Crippen LogP contribution in [0.25, 0.3) is 0 Å². The molecule has 1 atom stereocenters. The van der Waals surface area contributed by atoms with Crippen LogP contribution in [0.15, 0.2) is 84.9 Å². The lowest BCUT2D eigenvalue weighted by molar-refractivity contribution is -0.121. The molecule has 0 heterocycles. The van der Waals surface area contributed by atoms with Gasteiger partial charge < -0.3 is 10.6 Å². The highest BCUT2D eigenvalue weighted by molar-refractivity contribution is 5.94. The van der Waals surface area contributed by atoms with Crippen LogP contribution in [0, 0.1) is 5.82 Å². The maximum atomic E-state index is 13.0. The summed E-state index contributed by atoms with van der Waals surface area (Å²) >= 11 is 0. The highest BCUT2D eigenvalue weighted by atomic mass is 19.1. The lowest BCUT2D eigenvalue weighted by Gasteiger charge is -2.19. The Kier molecular flexibility index (Phi) is 7.11. The Morgan fingerprint density at radius 2 is 1.45 bits per heavy atom. The molecule has 148 valence electrons. The second-order valence-electron chi connectivity index (χ2n) is 6.73. The minimum Gasteiger partial charge on any atom is -0.356 e. The van der Waals surface area contributed by atoms with Gasteiger partial charge >= 0.3 is 0 Å². The van der Waals surface area contributed by atoms with Crippen molar-refractivity contribution >= 4 is 11.8 Å². The lowest BCUT2D eigenvalue weighted by Crippen LogP contribution is -2.34. The van der Waals surface area contributed by atoms with Gasteiger partial charge in [0.15, 0.2) is 0 Å². The third-order valence-corrected chi connectivity index (χ3v) is 4.58. The lowest BCUT2D eigenvalue weighted by atomic mass is 10.0. The largest absolute Gasteiger partial charge is 0.356 e. The van der Waals surface area contributed by atoms with Crippen molar-refractivity contribution in [3.8, 4) is 0 Å². The Morgan fingerprint density at radius 1 is 0.828 bits per heavy atom. The number of nitrogens with one attached hydrogen (secondary N) is 2. The molecule has 29 heavy (non-hydrogen) atoms. The molecule has 0 aliphatic heterocycles. The van der Waals surface area contributed by atoms with E-state index in [1.54, 1.807) is 36.4 Å². The van der Waals surface area contributed by atoms with Gasteiger partial charge in [-0.05, 0) is 41.8 Å². The van der Waals surface area contributed by atoms with E-state index in [1.165, 1.54) is 12.1 Å². The van der Waals surface area contributed by atoms with Gasteiger partial charge in [0.2, 0.25) is 5.91 Å². The van der Waals surface area contributed by atoms with Gasteiger partial charge in [0.05, 0.1) is 12.5 Å². The molecule has 0 fully saturated rings. The van der Waals surface area contributed by atoms with Crippen LogP contribution >= 0.6 is 0 Å². The van der Waals surface area contributed by atoms with Gasteiger partial charge in [-0.3, -0.25) is 9.59 Å². The van der Waals surface area contributed by atoms with E-state index in [0.29, 0.717) is 18.5 Å². The van der Waals surface area contributed by atoms with E-state index in [2.05, 4.69) is 10.6 Å². The predicted octanol–water partition coefficient (Wildman–Crippen LogP) is 4.05. The van der Waals surface area contributed by atoms with Crippen LogP contribution in [0.2, 0.25) is 0 Å².